The second-order valence-corrected chi connectivity index (χ2v) is 12.9. The van der Waals surface area contributed by atoms with Gasteiger partial charge >= 0.3 is 0 Å². The maximum absolute atomic E-state index is 4.33. The molecule has 2 nitrogen and oxygen atoms in total. The highest BCUT2D eigenvalue weighted by Gasteiger charge is 2.21. The zero-order valence-electron chi connectivity index (χ0n) is 27.6. The highest BCUT2D eigenvalue weighted by Crippen LogP contribution is 2.39. The molecule has 5 aromatic carbocycles. The average Bonchev–Trinajstić information content (AvgIpc) is 3.40. The molecule has 0 radical (unpaired) electrons. The summed E-state index contributed by atoms with van der Waals surface area (Å²) in [6.45, 7) is 19.5. The molecule has 46 heavy (non-hydrogen) atoms. The Bertz CT molecular complexity index is 2130. The summed E-state index contributed by atoms with van der Waals surface area (Å²) in [5.41, 5.74) is 12.2. The highest BCUT2D eigenvalue weighted by atomic mass is 15.1. The van der Waals surface area contributed by atoms with Crippen LogP contribution in [0.1, 0.15) is 34.6 Å². The predicted molar refractivity (Wildman–Crippen MR) is 201 cm³/mol. The molecule has 0 spiro atoms. The number of allylic oxidation sites excluding steroid dienone is 6. The van der Waals surface area contributed by atoms with E-state index in [0.29, 0.717) is 0 Å². The summed E-state index contributed by atoms with van der Waals surface area (Å²) in [6.07, 6.45) is 6.12. The molecule has 2 heteroatoms. The molecule has 0 atom stereocenters. The molecule has 6 aromatic rings. The van der Waals surface area contributed by atoms with Gasteiger partial charge in [-0.1, -0.05) is 104 Å². The number of rotatable bonds is 8. The van der Waals surface area contributed by atoms with Gasteiger partial charge in [0.1, 0.15) is 0 Å². The van der Waals surface area contributed by atoms with Crippen LogP contribution in [0.4, 0.5) is 11.4 Å². The zero-order chi connectivity index (χ0) is 32.4. The van der Waals surface area contributed by atoms with Gasteiger partial charge in [-0.05, 0) is 117 Å². The first-order chi connectivity index (χ1) is 22.2. The third-order valence-corrected chi connectivity index (χ3v) is 8.51. The molecule has 228 valence electrons. The second kappa shape index (κ2) is 12.6. The Morgan fingerprint density at radius 2 is 1.17 bits per heavy atom. The Hall–Kier alpha value is -5.34. The van der Waals surface area contributed by atoms with Crippen molar-refractivity contribution in [1.82, 2.24) is 4.57 Å². The van der Waals surface area contributed by atoms with Crippen LogP contribution in [0.15, 0.2) is 170 Å². The first-order valence-corrected chi connectivity index (χ1v) is 15.9. The van der Waals surface area contributed by atoms with Crippen LogP contribution in [0, 0.1) is 0 Å². The Morgan fingerprint density at radius 3 is 1.83 bits per heavy atom. The first-order valence-electron chi connectivity index (χ1n) is 15.9. The standard InChI is InChI=1S/C44H42N2/c1-8-16-31(2)32(3)27-33(4)45(38-21-14-19-35(28-38)34-17-10-9-11-18-34)39-22-15-20-36(29-39)37-25-26-43-41(30-37)40-23-12-13-24-42(40)46(43)44(5,6)7/h8-30H,2-3H2,1,4-7H3/b16-8-,33-27+. The summed E-state index contributed by atoms with van der Waals surface area (Å²) < 4.78 is 2.46. The first kappa shape index (κ1) is 30.7. The van der Waals surface area contributed by atoms with Crippen LogP contribution >= 0.6 is 0 Å². The number of hydrogen-bond donors (Lipinski definition) is 0. The van der Waals surface area contributed by atoms with E-state index in [1.165, 1.54) is 44.1 Å². The van der Waals surface area contributed by atoms with Crippen molar-refractivity contribution >= 4 is 33.2 Å². The molecule has 0 unspecified atom stereocenters. The number of para-hydroxylation sites is 1. The van der Waals surface area contributed by atoms with Gasteiger partial charge in [0.2, 0.25) is 0 Å². The summed E-state index contributed by atoms with van der Waals surface area (Å²) in [7, 11) is 0. The molecule has 0 amide bonds. The third-order valence-electron chi connectivity index (χ3n) is 8.51. The maximum Gasteiger partial charge on any atom is 0.0496 e. The van der Waals surface area contributed by atoms with Crippen molar-refractivity contribution < 1.29 is 0 Å². The van der Waals surface area contributed by atoms with Gasteiger partial charge in [-0.25, -0.2) is 0 Å². The fraction of sp³-hybridized carbons (Fsp3) is 0.136. The maximum atomic E-state index is 4.33. The lowest BCUT2D eigenvalue weighted by Gasteiger charge is -2.27. The van der Waals surface area contributed by atoms with Crippen LogP contribution in [0.2, 0.25) is 0 Å². The molecule has 0 N–H and O–H groups in total. The van der Waals surface area contributed by atoms with Crippen LogP contribution in [-0.4, -0.2) is 4.57 Å². The van der Waals surface area contributed by atoms with Gasteiger partial charge in [-0.15, -0.1) is 0 Å². The molecule has 6 rings (SSSR count). The van der Waals surface area contributed by atoms with E-state index in [0.717, 1.165) is 28.2 Å². The lowest BCUT2D eigenvalue weighted by molar-refractivity contribution is 0.423. The molecule has 0 aliphatic carbocycles. The monoisotopic (exact) mass is 598 g/mol. The summed E-state index contributed by atoms with van der Waals surface area (Å²) in [6, 6.07) is 43.7. The molecule has 0 aliphatic rings. The van der Waals surface area contributed by atoms with Gasteiger partial charge in [0.05, 0.1) is 0 Å². The van der Waals surface area contributed by atoms with Crippen molar-refractivity contribution in [3.05, 3.63) is 170 Å². The topological polar surface area (TPSA) is 8.17 Å². The van der Waals surface area contributed by atoms with Gasteiger partial charge < -0.3 is 9.47 Å². The van der Waals surface area contributed by atoms with Crippen molar-refractivity contribution in [2.75, 3.05) is 4.90 Å². The van der Waals surface area contributed by atoms with E-state index in [1.807, 2.05) is 19.1 Å². The molecule has 0 aliphatic heterocycles. The average molecular weight is 599 g/mol. The van der Waals surface area contributed by atoms with Crippen LogP contribution in [-0.2, 0) is 5.54 Å². The molecule has 1 aromatic heterocycles. The molecular formula is C44H42N2. The summed E-state index contributed by atoms with van der Waals surface area (Å²) >= 11 is 0. The van der Waals surface area contributed by atoms with Crippen molar-refractivity contribution in [3.8, 4) is 22.3 Å². The van der Waals surface area contributed by atoms with Crippen LogP contribution < -0.4 is 4.90 Å². The highest BCUT2D eigenvalue weighted by molar-refractivity contribution is 6.09. The predicted octanol–water partition coefficient (Wildman–Crippen LogP) is 12.6. The van der Waals surface area contributed by atoms with E-state index < -0.39 is 0 Å². The smallest absolute Gasteiger partial charge is 0.0496 e. The zero-order valence-corrected chi connectivity index (χ0v) is 27.6. The van der Waals surface area contributed by atoms with Crippen LogP contribution in [0.25, 0.3) is 44.1 Å². The number of aromatic nitrogens is 1. The molecule has 1 heterocycles. The van der Waals surface area contributed by atoms with Crippen molar-refractivity contribution in [2.24, 2.45) is 0 Å². The van der Waals surface area contributed by atoms with E-state index in [-0.39, 0.29) is 5.54 Å². The Balaban J connectivity index is 1.49. The van der Waals surface area contributed by atoms with E-state index in [1.54, 1.807) is 0 Å². The minimum atomic E-state index is -0.0380. The molecule has 0 saturated carbocycles. The van der Waals surface area contributed by atoms with E-state index in [9.17, 15) is 0 Å². The summed E-state index contributed by atoms with van der Waals surface area (Å²) in [5.74, 6) is 0. The Labute approximate surface area is 273 Å². The number of hydrogen-bond acceptors (Lipinski definition) is 1. The van der Waals surface area contributed by atoms with Crippen molar-refractivity contribution in [1.29, 1.82) is 0 Å². The normalized spacial score (nSPS) is 12.2. The van der Waals surface area contributed by atoms with E-state index >= 15 is 0 Å². The molecule has 0 saturated heterocycles. The van der Waals surface area contributed by atoms with Crippen molar-refractivity contribution in [3.63, 3.8) is 0 Å². The second-order valence-electron chi connectivity index (χ2n) is 12.9. The number of nitrogens with zero attached hydrogens (tertiary/aromatic N) is 2. The van der Waals surface area contributed by atoms with Gasteiger partial charge in [0.25, 0.3) is 0 Å². The number of fused-ring (bicyclic) bond motifs is 3. The van der Waals surface area contributed by atoms with E-state index in [4.69, 9.17) is 0 Å². The largest absolute Gasteiger partial charge is 0.335 e. The molecular weight excluding hydrogens is 556 g/mol. The SMILES string of the molecule is C=C(/C=C\C)C(=C)/C=C(\C)N(c1cccc(-c2ccccc2)c1)c1cccc(-c2ccc3c(c2)c2ccccc2n3C(C)(C)C)c1. The molecule has 0 fully saturated rings. The molecule has 0 bridgehead atoms. The minimum Gasteiger partial charge on any atom is -0.335 e. The third kappa shape index (κ3) is 5.99. The van der Waals surface area contributed by atoms with Gasteiger partial charge in [-0.2, -0.15) is 0 Å². The Kier molecular flexibility index (Phi) is 8.39. The lowest BCUT2D eigenvalue weighted by Crippen LogP contribution is -2.21. The van der Waals surface area contributed by atoms with Gasteiger partial charge in [0.15, 0.2) is 0 Å². The van der Waals surface area contributed by atoms with E-state index in [2.05, 4.69) is 178 Å². The number of anilines is 2. The summed E-state index contributed by atoms with van der Waals surface area (Å²) in [4.78, 5) is 2.31. The van der Waals surface area contributed by atoms with Crippen molar-refractivity contribution in [2.45, 2.75) is 40.2 Å². The fourth-order valence-corrected chi connectivity index (χ4v) is 6.43. The minimum absolute atomic E-state index is 0.0380. The van der Waals surface area contributed by atoms with Crippen LogP contribution in [0.5, 0.6) is 0 Å². The Morgan fingerprint density at radius 1 is 0.609 bits per heavy atom. The lowest BCUT2D eigenvalue weighted by atomic mass is 10.0. The fourth-order valence-electron chi connectivity index (χ4n) is 6.43. The van der Waals surface area contributed by atoms with Gasteiger partial charge in [0, 0.05) is 44.4 Å². The van der Waals surface area contributed by atoms with Crippen LogP contribution in [0.3, 0.4) is 0 Å². The number of benzene rings is 5. The van der Waals surface area contributed by atoms with Gasteiger partial charge in [-0.3, -0.25) is 0 Å². The quantitative estimate of drug-likeness (QED) is 0.158. The summed E-state index contributed by atoms with van der Waals surface area (Å²) in [5, 5.41) is 2.55.